The molecule has 0 unspecified atom stereocenters. The number of hydrogen-bond donors (Lipinski definition) is 0. The zero-order valence-electron chi connectivity index (χ0n) is 79.0. The van der Waals surface area contributed by atoms with Crippen LogP contribution in [0.3, 0.4) is 0 Å². The highest BCUT2D eigenvalue weighted by molar-refractivity contribution is 5.83. The SMILES string of the molecule is CC.CC.CC.CC.CC.CC.CC.CC.CC.CC.CC.CC.Cc1ccc2c(c1)-c1c(C)cccc1C2.Cc1ccc2c(c1)-c1c(C)cccc1C2.Cc1ccc2c(c1)-c1cc(C)ccc1C2.Cc1ccc2c(c1)-c1cccc(C)c1C2.Cc1ccc2c(c1)Cc1c(C)cccc1-2.Cc1ccc2c(c1)Cc1ccc(C)cc1-2. The molecule has 0 saturated heterocycles. The molecular weight excluding hydrogens is 1370 g/mol. The van der Waals surface area contributed by atoms with Gasteiger partial charge in [0.15, 0.2) is 0 Å². The monoisotopic (exact) mass is 1530 g/mol. The summed E-state index contributed by atoms with van der Waals surface area (Å²) in [5.41, 5.74) is 51.6. The molecule has 0 heteroatoms. The van der Waals surface area contributed by atoms with Crippen molar-refractivity contribution >= 4 is 0 Å². The van der Waals surface area contributed by atoms with Crippen molar-refractivity contribution in [2.75, 3.05) is 0 Å². The van der Waals surface area contributed by atoms with E-state index in [-0.39, 0.29) is 0 Å². The molecule has 12 aromatic carbocycles. The maximum absolute atomic E-state index is 2.31. The molecule has 0 heterocycles. The van der Waals surface area contributed by atoms with Crippen molar-refractivity contribution in [3.05, 3.63) is 352 Å². The van der Waals surface area contributed by atoms with E-state index in [2.05, 4.69) is 301 Å². The Kier molecular flexibility index (Phi) is 49.7. The van der Waals surface area contributed by atoms with Crippen LogP contribution < -0.4 is 0 Å². The first-order chi connectivity index (χ1) is 55.5. The summed E-state index contributed by atoms with van der Waals surface area (Å²) in [5.74, 6) is 0. The molecule has 0 fully saturated rings. The van der Waals surface area contributed by atoms with Crippen LogP contribution in [-0.4, -0.2) is 0 Å². The molecule has 0 atom stereocenters. The highest BCUT2D eigenvalue weighted by Gasteiger charge is 2.24. The van der Waals surface area contributed by atoms with E-state index in [0.717, 1.165) is 38.5 Å². The third-order valence-electron chi connectivity index (χ3n) is 19.6. The van der Waals surface area contributed by atoms with E-state index < -0.39 is 0 Å². The van der Waals surface area contributed by atoms with Crippen LogP contribution in [0.1, 0.15) is 300 Å². The van der Waals surface area contributed by atoms with E-state index in [0.29, 0.717) is 0 Å². The second-order valence-electron chi connectivity index (χ2n) is 26.8. The summed E-state index contributed by atoms with van der Waals surface area (Å²) in [6.45, 7) is 74.1. The Morgan fingerprint density at radius 3 is 0.675 bits per heavy atom. The Labute approximate surface area is 701 Å². The van der Waals surface area contributed by atoms with Gasteiger partial charge in [0.1, 0.15) is 0 Å². The molecule has 612 valence electrons. The van der Waals surface area contributed by atoms with Gasteiger partial charge in [0.25, 0.3) is 0 Å². The lowest BCUT2D eigenvalue weighted by Gasteiger charge is -2.05. The van der Waals surface area contributed by atoms with Gasteiger partial charge in [-0.05, 0) is 277 Å². The van der Waals surface area contributed by atoms with Gasteiger partial charge >= 0.3 is 0 Å². The zero-order chi connectivity index (χ0) is 86.5. The number of aryl methyl sites for hydroxylation is 12. The Bertz CT molecular complexity index is 4600. The van der Waals surface area contributed by atoms with Crippen LogP contribution >= 0.6 is 0 Å². The lowest BCUT2D eigenvalue weighted by Crippen LogP contribution is -1.84. The van der Waals surface area contributed by atoms with Crippen LogP contribution in [0.2, 0.25) is 0 Å². The average Bonchev–Trinajstić information content (AvgIpc) is 1.75. The first kappa shape index (κ1) is 103. The Balaban J connectivity index is 0.000000648. The molecule has 6 aliphatic rings. The summed E-state index contributed by atoms with van der Waals surface area (Å²) < 4.78 is 0. The molecule has 0 bridgehead atoms. The Morgan fingerprint density at radius 2 is 0.342 bits per heavy atom. The van der Waals surface area contributed by atoms with E-state index >= 15 is 0 Å². The van der Waals surface area contributed by atoms with E-state index in [4.69, 9.17) is 0 Å². The number of hydrogen-bond acceptors (Lipinski definition) is 0. The van der Waals surface area contributed by atoms with Crippen LogP contribution in [0.5, 0.6) is 0 Å². The van der Waals surface area contributed by atoms with Gasteiger partial charge in [0, 0.05) is 0 Å². The van der Waals surface area contributed by atoms with Crippen molar-refractivity contribution in [2.45, 2.75) is 288 Å². The standard InChI is InChI=1S/6C15H14.12C2H6/c1-10-4-6-14-13(7-10)9-12-5-3-11(2)8-15(12)14;1-10-3-5-12-9-13-6-4-11(2)8-15(13)14(12)7-10;1-10-6-7-13-12(8-10)9-15-11(2)4-3-5-14(13)15;1-10-6-7-12-9-14-11(2)4-3-5-13(14)15(12)8-10;2*1-10-6-7-12-9-13-5-3-4-11(2)15(13)14(12)8-10;12*1-2/h6*3-8H,9H2,1-2H3;12*1-2H3. The molecular formula is C114H156. The molecule has 0 N–H and O–H groups in total. The maximum Gasteiger partial charge on any atom is -0.00107 e. The summed E-state index contributed by atoms with van der Waals surface area (Å²) >= 11 is 0. The van der Waals surface area contributed by atoms with Gasteiger partial charge in [-0.25, -0.2) is 0 Å². The smallest absolute Gasteiger partial charge is 0.00107 e. The predicted molar refractivity (Wildman–Crippen MR) is 521 cm³/mol. The van der Waals surface area contributed by atoms with Crippen LogP contribution in [-0.2, 0) is 38.5 Å². The lowest BCUT2D eigenvalue weighted by atomic mass is 9.99. The van der Waals surface area contributed by atoms with Crippen molar-refractivity contribution < 1.29 is 0 Å². The van der Waals surface area contributed by atoms with Crippen molar-refractivity contribution in [1.29, 1.82) is 0 Å². The molecule has 0 radical (unpaired) electrons. The van der Waals surface area contributed by atoms with Gasteiger partial charge in [-0.1, -0.05) is 429 Å². The van der Waals surface area contributed by atoms with Gasteiger partial charge in [-0.15, -0.1) is 0 Å². The van der Waals surface area contributed by atoms with Gasteiger partial charge in [-0.2, -0.15) is 0 Å². The fourth-order valence-corrected chi connectivity index (χ4v) is 14.9. The minimum absolute atomic E-state index is 1.10. The highest BCUT2D eigenvalue weighted by Crippen LogP contribution is 2.44. The first-order valence-corrected chi connectivity index (χ1v) is 44.6. The van der Waals surface area contributed by atoms with E-state index in [9.17, 15) is 0 Å². The predicted octanol–water partition coefficient (Wildman–Crippen LogP) is 35.6. The first-order valence-electron chi connectivity index (χ1n) is 44.6. The van der Waals surface area contributed by atoms with Gasteiger partial charge in [-0.3, -0.25) is 0 Å². The fraction of sp³-hybridized carbons (Fsp3) is 0.368. The summed E-state index contributed by atoms with van der Waals surface area (Å²) in [5, 5.41) is 0. The second kappa shape index (κ2) is 55.2. The summed E-state index contributed by atoms with van der Waals surface area (Å²) in [6, 6.07) is 80.7. The second-order valence-corrected chi connectivity index (χ2v) is 26.8. The third-order valence-corrected chi connectivity index (χ3v) is 19.6. The topological polar surface area (TPSA) is 0 Å². The molecule has 0 spiro atoms. The molecule has 0 saturated carbocycles. The Hall–Kier alpha value is -9.36. The molecule has 12 aromatic rings. The summed E-state index contributed by atoms with van der Waals surface area (Å²) in [7, 11) is 0. The zero-order valence-corrected chi connectivity index (χ0v) is 79.0. The van der Waals surface area contributed by atoms with Crippen LogP contribution in [0.4, 0.5) is 0 Å². The maximum atomic E-state index is 2.31. The lowest BCUT2D eigenvalue weighted by molar-refractivity contribution is 1.21. The van der Waals surface area contributed by atoms with Crippen LogP contribution in [0.25, 0.3) is 66.8 Å². The molecule has 0 amide bonds. The van der Waals surface area contributed by atoms with Crippen molar-refractivity contribution in [3.63, 3.8) is 0 Å². The average molecular weight is 1530 g/mol. The largest absolute Gasteiger partial charge is 0.0683 e. The van der Waals surface area contributed by atoms with Gasteiger partial charge < -0.3 is 0 Å². The number of benzene rings is 12. The number of fused-ring (bicyclic) bond motifs is 18. The molecule has 0 aliphatic heterocycles. The molecule has 0 aromatic heterocycles. The molecule has 6 aliphatic carbocycles. The van der Waals surface area contributed by atoms with Gasteiger partial charge in [0.2, 0.25) is 0 Å². The van der Waals surface area contributed by atoms with Crippen LogP contribution in [0, 0.1) is 83.1 Å². The van der Waals surface area contributed by atoms with E-state index in [1.807, 2.05) is 166 Å². The fourth-order valence-electron chi connectivity index (χ4n) is 14.9. The highest BCUT2D eigenvalue weighted by atomic mass is 14.3. The minimum atomic E-state index is 1.10. The van der Waals surface area contributed by atoms with Gasteiger partial charge in [0.05, 0.1) is 0 Å². The van der Waals surface area contributed by atoms with Crippen molar-refractivity contribution in [3.8, 4) is 66.8 Å². The normalized spacial score (nSPS) is 10.4. The van der Waals surface area contributed by atoms with Crippen molar-refractivity contribution in [1.82, 2.24) is 0 Å². The molecule has 0 nitrogen and oxygen atoms in total. The van der Waals surface area contributed by atoms with Crippen molar-refractivity contribution in [2.24, 2.45) is 0 Å². The quantitative estimate of drug-likeness (QED) is 0.142. The molecule has 18 rings (SSSR count). The molecule has 114 heavy (non-hydrogen) atoms. The van der Waals surface area contributed by atoms with E-state index in [1.165, 1.54) is 200 Å². The summed E-state index contributed by atoms with van der Waals surface area (Å²) in [4.78, 5) is 0. The third kappa shape index (κ3) is 26.9. The van der Waals surface area contributed by atoms with Crippen LogP contribution in [0.15, 0.2) is 218 Å². The Morgan fingerprint density at radius 1 is 0.140 bits per heavy atom. The van der Waals surface area contributed by atoms with E-state index in [1.54, 1.807) is 0 Å². The minimum Gasteiger partial charge on any atom is -0.0683 e. The number of rotatable bonds is 0. The summed E-state index contributed by atoms with van der Waals surface area (Å²) in [6.07, 6.45) is 6.63.